The number of hydrogen-bond acceptors (Lipinski definition) is 8. The van der Waals surface area contributed by atoms with Gasteiger partial charge in [0, 0.05) is 25.7 Å². The van der Waals surface area contributed by atoms with Gasteiger partial charge in [-0.15, -0.1) is 0 Å². The maximum absolute atomic E-state index is 13.3. The predicted octanol–water partition coefficient (Wildman–Crippen LogP) is 6.44. The summed E-state index contributed by atoms with van der Waals surface area (Å²) in [6.45, 7) is 3.66. The third-order valence-corrected chi connectivity index (χ3v) is 12.9. The van der Waals surface area contributed by atoms with Crippen LogP contribution in [0.2, 0.25) is 0 Å². The van der Waals surface area contributed by atoms with Gasteiger partial charge in [0.25, 0.3) is 17.7 Å². The van der Waals surface area contributed by atoms with E-state index in [1.54, 1.807) is 55.5 Å². The van der Waals surface area contributed by atoms with E-state index in [0.29, 0.717) is 33.8 Å². The minimum atomic E-state index is -5.96. The van der Waals surface area contributed by atoms with Gasteiger partial charge in [-0.2, -0.15) is 21.6 Å². The lowest BCUT2D eigenvalue weighted by molar-refractivity contribution is -0.144. The Hall–Kier alpha value is -5.90. The van der Waals surface area contributed by atoms with Gasteiger partial charge in [0.15, 0.2) is 0 Å². The minimum Gasteiger partial charge on any atom is -0.489 e. The summed E-state index contributed by atoms with van der Waals surface area (Å²) in [5.41, 5.74) is -3.66. The fourth-order valence-electron chi connectivity index (χ4n) is 7.96. The Morgan fingerprint density at radius 1 is 0.623 bits per heavy atom. The van der Waals surface area contributed by atoms with Crippen LogP contribution in [-0.4, -0.2) is 66.0 Å². The zero-order valence-electron chi connectivity index (χ0n) is 33.6. The number of rotatable bonds is 11. The van der Waals surface area contributed by atoms with Gasteiger partial charge in [0.05, 0.1) is 23.3 Å². The van der Waals surface area contributed by atoms with E-state index in [4.69, 9.17) is 9.47 Å². The van der Waals surface area contributed by atoms with Crippen molar-refractivity contribution in [1.29, 1.82) is 0 Å². The Morgan fingerprint density at radius 3 is 1.34 bits per heavy atom. The fraction of sp³-hybridized carbons (Fsp3) is 0.378. The second kappa shape index (κ2) is 16.9. The van der Waals surface area contributed by atoms with Crippen molar-refractivity contribution in [3.05, 3.63) is 129 Å². The van der Waals surface area contributed by atoms with Crippen LogP contribution in [0.15, 0.2) is 84.9 Å². The number of halogens is 3. The maximum atomic E-state index is 13.3. The number of carboxylic acid groups (broad SMARTS) is 1. The molecule has 4 aliphatic carbocycles. The highest BCUT2D eigenvalue weighted by atomic mass is 32.2. The molecule has 0 saturated heterocycles. The standard InChI is InChI=1S/C23H23F3N2O5S.C22H23NO4/c1-14-6-4-11-18(19(14)33-17-9-5-10-17)20(29)27-22(12-15-7-2-3-8-16(15)13-22)21(30)28-34(31,32)23(24,25)26;1-14-6-4-11-18(19(14)27-17-9-5-10-17)20(24)23-22(21(25)26)12-15-7-2-3-8-16(15)13-22/h2-4,6-8,11,17H,5,9-10,12-13H2,1H3,(H,27,29)(H,28,30);2-4,6-8,11,17H,5,9-10,12-13H2,1H3,(H,23,24)(H,25,26). The van der Waals surface area contributed by atoms with Crippen LogP contribution in [0.3, 0.4) is 0 Å². The first kappa shape index (κ1) is 43.2. The number of aryl methyl sites for hydroxylation is 2. The van der Waals surface area contributed by atoms with Gasteiger partial charge >= 0.3 is 21.5 Å². The van der Waals surface area contributed by atoms with Crippen LogP contribution in [0.1, 0.15) is 92.6 Å². The molecule has 0 heterocycles. The number of carbonyl (C=O) groups excluding carboxylic acids is 3. The Bertz CT molecular complexity index is 2430. The molecule has 4 aliphatic rings. The van der Waals surface area contributed by atoms with Gasteiger partial charge < -0.3 is 25.2 Å². The highest BCUT2D eigenvalue weighted by Gasteiger charge is 2.53. The van der Waals surface area contributed by atoms with E-state index in [1.807, 2.05) is 37.3 Å². The summed E-state index contributed by atoms with van der Waals surface area (Å²) in [5, 5.41) is 15.3. The van der Waals surface area contributed by atoms with Gasteiger partial charge in [0.1, 0.15) is 22.6 Å². The summed E-state index contributed by atoms with van der Waals surface area (Å²) >= 11 is 0. The summed E-state index contributed by atoms with van der Waals surface area (Å²) in [7, 11) is -5.96. The number of amides is 3. The zero-order chi connectivity index (χ0) is 43.7. The van der Waals surface area contributed by atoms with Gasteiger partial charge in [-0.05, 0) is 97.9 Å². The first-order valence-corrected chi connectivity index (χ1v) is 21.6. The lowest BCUT2D eigenvalue weighted by Crippen LogP contribution is -2.61. The molecule has 16 heteroatoms. The molecule has 8 rings (SSSR count). The second-order valence-electron chi connectivity index (χ2n) is 16.2. The second-order valence-corrected chi connectivity index (χ2v) is 17.9. The first-order chi connectivity index (χ1) is 28.9. The largest absolute Gasteiger partial charge is 0.516 e. The van der Waals surface area contributed by atoms with Crippen molar-refractivity contribution in [2.45, 2.75) is 107 Å². The quantitative estimate of drug-likeness (QED) is 0.132. The SMILES string of the molecule is Cc1cccc(C(=O)NC2(C(=O)NS(=O)(=O)C(F)(F)F)Cc3ccccc3C2)c1OC1CCC1.Cc1cccc(C(=O)NC2(C(=O)O)Cc3ccccc3C2)c1OC1CCC1. The molecule has 0 radical (unpaired) electrons. The molecule has 0 atom stereocenters. The summed E-state index contributed by atoms with van der Waals surface area (Å²) in [4.78, 5) is 51.5. The molecule has 322 valence electrons. The molecule has 2 saturated carbocycles. The predicted molar refractivity (Wildman–Crippen MR) is 218 cm³/mol. The van der Waals surface area contributed by atoms with Crippen LogP contribution in [-0.2, 0) is 45.3 Å². The number of fused-ring (bicyclic) bond motifs is 2. The first-order valence-electron chi connectivity index (χ1n) is 20.1. The third kappa shape index (κ3) is 8.95. The molecular weight excluding hydrogens is 816 g/mol. The molecule has 0 unspecified atom stereocenters. The lowest BCUT2D eigenvalue weighted by atomic mass is 9.93. The van der Waals surface area contributed by atoms with Crippen LogP contribution < -0.4 is 24.8 Å². The number of aliphatic carboxylic acids is 1. The van der Waals surface area contributed by atoms with E-state index < -0.39 is 50.3 Å². The number of ether oxygens (including phenoxy) is 2. The molecule has 0 aliphatic heterocycles. The molecule has 0 spiro atoms. The third-order valence-electron chi connectivity index (χ3n) is 11.9. The normalized spacial score (nSPS) is 17.5. The minimum absolute atomic E-state index is 0.0439. The number of para-hydroxylation sites is 2. The van der Waals surface area contributed by atoms with Crippen LogP contribution in [0, 0.1) is 13.8 Å². The molecule has 0 aromatic heterocycles. The maximum Gasteiger partial charge on any atom is 0.516 e. The molecular formula is C45H46F3N3O9S. The monoisotopic (exact) mass is 861 g/mol. The summed E-state index contributed by atoms with van der Waals surface area (Å²) < 4.78 is 75.3. The number of carboxylic acids is 1. The van der Waals surface area contributed by atoms with E-state index in [9.17, 15) is 45.9 Å². The summed E-state index contributed by atoms with van der Waals surface area (Å²) in [6, 6.07) is 24.6. The average molecular weight is 862 g/mol. The van der Waals surface area contributed by atoms with Crippen molar-refractivity contribution in [2.24, 2.45) is 0 Å². The van der Waals surface area contributed by atoms with Crippen molar-refractivity contribution in [3.8, 4) is 11.5 Å². The van der Waals surface area contributed by atoms with E-state index in [1.165, 1.54) is 6.07 Å². The van der Waals surface area contributed by atoms with Crippen molar-refractivity contribution in [1.82, 2.24) is 15.4 Å². The number of hydrogen-bond donors (Lipinski definition) is 4. The van der Waals surface area contributed by atoms with Crippen molar-refractivity contribution in [2.75, 3.05) is 0 Å². The van der Waals surface area contributed by atoms with Crippen molar-refractivity contribution in [3.63, 3.8) is 0 Å². The molecule has 2 fully saturated rings. The van der Waals surface area contributed by atoms with Crippen LogP contribution >= 0.6 is 0 Å². The average Bonchev–Trinajstić information content (AvgIpc) is 3.74. The Morgan fingerprint density at radius 2 is 1.00 bits per heavy atom. The van der Waals surface area contributed by atoms with Gasteiger partial charge in [0.2, 0.25) is 0 Å². The van der Waals surface area contributed by atoms with Gasteiger partial charge in [-0.25, -0.2) is 9.52 Å². The molecule has 0 bridgehead atoms. The number of carbonyl (C=O) groups is 4. The topological polar surface area (TPSA) is 177 Å². The number of nitrogens with one attached hydrogen (secondary N) is 3. The highest BCUT2D eigenvalue weighted by Crippen LogP contribution is 2.36. The van der Waals surface area contributed by atoms with Crippen LogP contribution in [0.25, 0.3) is 0 Å². The number of sulfonamides is 1. The van der Waals surface area contributed by atoms with Crippen LogP contribution in [0.5, 0.6) is 11.5 Å². The van der Waals surface area contributed by atoms with Crippen molar-refractivity contribution >= 4 is 33.7 Å². The van der Waals surface area contributed by atoms with Gasteiger partial charge in [-0.1, -0.05) is 72.8 Å². The smallest absolute Gasteiger partial charge is 0.489 e. The Kier molecular flexibility index (Phi) is 11.9. The zero-order valence-corrected chi connectivity index (χ0v) is 34.4. The van der Waals surface area contributed by atoms with E-state index >= 15 is 0 Å². The van der Waals surface area contributed by atoms with E-state index in [-0.39, 0.29) is 43.5 Å². The van der Waals surface area contributed by atoms with E-state index in [0.717, 1.165) is 59.9 Å². The molecule has 4 aromatic carbocycles. The molecule has 3 amide bonds. The van der Waals surface area contributed by atoms with Crippen molar-refractivity contribution < 1.29 is 55.3 Å². The van der Waals surface area contributed by atoms with E-state index in [2.05, 4.69) is 10.6 Å². The number of benzene rings is 4. The molecule has 4 N–H and O–H groups in total. The molecule has 61 heavy (non-hydrogen) atoms. The lowest BCUT2D eigenvalue weighted by Gasteiger charge is -2.31. The highest BCUT2D eigenvalue weighted by molar-refractivity contribution is 7.90. The Labute approximate surface area is 351 Å². The van der Waals surface area contributed by atoms with Gasteiger partial charge in [-0.3, -0.25) is 14.4 Å². The number of alkyl halides is 3. The summed E-state index contributed by atoms with van der Waals surface area (Å²) in [6.07, 6.45) is 6.14. The van der Waals surface area contributed by atoms with Crippen LogP contribution in [0.4, 0.5) is 13.2 Å². The Balaban J connectivity index is 0.000000189. The summed E-state index contributed by atoms with van der Waals surface area (Å²) in [5.74, 6) is -2.72. The molecule has 12 nitrogen and oxygen atoms in total. The fourth-order valence-corrected chi connectivity index (χ4v) is 8.52. The molecule has 4 aromatic rings.